The Hall–Kier alpha value is -2.95. The summed E-state index contributed by atoms with van der Waals surface area (Å²) in [6, 6.07) is 13.6. The van der Waals surface area contributed by atoms with Crippen molar-refractivity contribution in [3.63, 3.8) is 0 Å². The maximum absolute atomic E-state index is 11.9. The summed E-state index contributed by atoms with van der Waals surface area (Å²) in [5.41, 5.74) is 4.25. The first-order valence-corrected chi connectivity index (χ1v) is 7.31. The molecule has 0 aliphatic carbocycles. The smallest absolute Gasteiger partial charge is 0.338 e. The summed E-state index contributed by atoms with van der Waals surface area (Å²) in [7, 11) is 1.38. The van der Waals surface area contributed by atoms with Gasteiger partial charge in [-0.1, -0.05) is 18.2 Å². The standard InChI is InChI=1S/C18H17N3O2/c1-13-10-16(21(20-13)15-6-4-3-5-7-15)11-14-12-19-9-8-17(14)18(22)23-2/h3-10,12H,11H2,1-2H3. The fourth-order valence-corrected chi connectivity index (χ4v) is 2.54. The van der Waals surface area contributed by atoms with Gasteiger partial charge in [0.05, 0.1) is 24.1 Å². The Labute approximate surface area is 134 Å². The van der Waals surface area contributed by atoms with E-state index in [-0.39, 0.29) is 5.97 Å². The van der Waals surface area contributed by atoms with Crippen molar-refractivity contribution in [1.29, 1.82) is 0 Å². The van der Waals surface area contributed by atoms with Crippen molar-refractivity contribution in [2.45, 2.75) is 13.3 Å². The zero-order valence-corrected chi connectivity index (χ0v) is 13.1. The molecule has 116 valence electrons. The third kappa shape index (κ3) is 3.13. The van der Waals surface area contributed by atoms with Crippen molar-refractivity contribution in [3.8, 4) is 5.69 Å². The summed E-state index contributed by atoms with van der Waals surface area (Å²) >= 11 is 0. The summed E-state index contributed by atoms with van der Waals surface area (Å²) in [5.74, 6) is -0.357. The number of carbonyl (C=O) groups is 1. The molecule has 0 unspecified atom stereocenters. The molecular weight excluding hydrogens is 290 g/mol. The van der Waals surface area contributed by atoms with Gasteiger partial charge >= 0.3 is 5.97 Å². The molecule has 1 aromatic carbocycles. The fourth-order valence-electron chi connectivity index (χ4n) is 2.54. The highest BCUT2D eigenvalue weighted by atomic mass is 16.5. The maximum atomic E-state index is 11.9. The number of esters is 1. The summed E-state index contributed by atoms with van der Waals surface area (Å²) in [4.78, 5) is 16.0. The molecule has 3 aromatic rings. The van der Waals surface area contributed by atoms with Crippen molar-refractivity contribution < 1.29 is 9.53 Å². The molecule has 0 radical (unpaired) electrons. The summed E-state index contributed by atoms with van der Waals surface area (Å²) in [6.45, 7) is 1.95. The van der Waals surface area contributed by atoms with Crippen molar-refractivity contribution in [2.24, 2.45) is 0 Å². The summed E-state index contributed by atoms with van der Waals surface area (Å²) in [6.07, 6.45) is 3.84. The van der Waals surface area contributed by atoms with E-state index in [1.807, 2.05) is 48.0 Å². The molecule has 0 aliphatic rings. The molecule has 0 spiro atoms. The topological polar surface area (TPSA) is 57.0 Å². The number of benzene rings is 1. The van der Waals surface area contributed by atoms with E-state index in [0.717, 1.165) is 22.6 Å². The van der Waals surface area contributed by atoms with Gasteiger partial charge in [0, 0.05) is 24.5 Å². The number of hydrogen-bond donors (Lipinski definition) is 0. The van der Waals surface area contributed by atoms with Gasteiger partial charge in [-0.2, -0.15) is 5.10 Å². The first-order valence-electron chi connectivity index (χ1n) is 7.31. The number of rotatable bonds is 4. The highest BCUT2D eigenvalue weighted by Crippen LogP contribution is 2.18. The quantitative estimate of drug-likeness (QED) is 0.695. The van der Waals surface area contributed by atoms with Crippen molar-refractivity contribution >= 4 is 5.97 Å². The summed E-state index contributed by atoms with van der Waals surface area (Å²) in [5, 5.41) is 4.55. The predicted molar refractivity (Wildman–Crippen MR) is 86.7 cm³/mol. The second-order valence-electron chi connectivity index (χ2n) is 5.23. The SMILES string of the molecule is COC(=O)c1ccncc1Cc1cc(C)nn1-c1ccccc1. The van der Waals surface area contributed by atoms with E-state index >= 15 is 0 Å². The largest absolute Gasteiger partial charge is 0.465 e. The van der Waals surface area contributed by atoms with Crippen LogP contribution in [-0.2, 0) is 11.2 Å². The van der Waals surface area contributed by atoms with Crippen LogP contribution >= 0.6 is 0 Å². The lowest BCUT2D eigenvalue weighted by Gasteiger charge is -2.10. The van der Waals surface area contributed by atoms with Gasteiger partial charge < -0.3 is 4.74 Å². The molecule has 3 rings (SSSR count). The molecule has 2 heterocycles. The van der Waals surface area contributed by atoms with Crippen molar-refractivity contribution in [2.75, 3.05) is 7.11 Å². The van der Waals surface area contributed by atoms with Gasteiger partial charge in [0.1, 0.15) is 0 Å². The molecule has 2 aromatic heterocycles. The lowest BCUT2D eigenvalue weighted by molar-refractivity contribution is 0.0599. The minimum absolute atomic E-state index is 0.357. The van der Waals surface area contributed by atoms with E-state index in [1.54, 1.807) is 18.5 Å². The molecule has 0 saturated carbocycles. The first kappa shape index (κ1) is 15.0. The minimum atomic E-state index is -0.357. The van der Waals surface area contributed by atoms with Gasteiger partial charge in [0.15, 0.2) is 0 Å². The maximum Gasteiger partial charge on any atom is 0.338 e. The van der Waals surface area contributed by atoms with Crippen molar-refractivity contribution in [3.05, 3.63) is 77.4 Å². The van der Waals surface area contributed by atoms with Gasteiger partial charge in [-0.05, 0) is 36.8 Å². The van der Waals surface area contributed by atoms with Crippen LogP contribution in [0.2, 0.25) is 0 Å². The lowest BCUT2D eigenvalue weighted by Crippen LogP contribution is -2.09. The fraction of sp³-hybridized carbons (Fsp3) is 0.167. The Morgan fingerprint density at radius 1 is 1.22 bits per heavy atom. The Morgan fingerprint density at radius 3 is 2.74 bits per heavy atom. The highest BCUT2D eigenvalue weighted by molar-refractivity contribution is 5.90. The number of nitrogens with zero attached hydrogens (tertiary/aromatic N) is 3. The van der Waals surface area contributed by atoms with Crippen molar-refractivity contribution in [1.82, 2.24) is 14.8 Å². The van der Waals surface area contributed by atoms with Crippen LogP contribution in [0.15, 0.2) is 54.9 Å². The van der Waals surface area contributed by atoms with Crippen LogP contribution in [0, 0.1) is 6.92 Å². The third-order valence-electron chi connectivity index (χ3n) is 3.59. The average molecular weight is 307 g/mol. The minimum Gasteiger partial charge on any atom is -0.465 e. The number of pyridine rings is 1. The van der Waals surface area contributed by atoms with E-state index in [2.05, 4.69) is 10.1 Å². The molecule has 0 saturated heterocycles. The Morgan fingerprint density at radius 2 is 2.00 bits per heavy atom. The molecule has 0 N–H and O–H groups in total. The number of aryl methyl sites for hydroxylation is 1. The first-order chi connectivity index (χ1) is 11.2. The van der Waals surface area contributed by atoms with Gasteiger partial charge in [-0.25, -0.2) is 9.48 Å². The number of hydrogen-bond acceptors (Lipinski definition) is 4. The van der Waals surface area contributed by atoms with Crippen LogP contribution in [0.1, 0.15) is 27.3 Å². The normalized spacial score (nSPS) is 10.5. The van der Waals surface area contributed by atoms with E-state index < -0.39 is 0 Å². The average Bonchev–Trinajstić information content (AvgIpc) is 2.96. The van der Waals surface area contributed by atoms with E-state index in [0.29, 0.717) is 12.0 Å². The van der Waals surface area contributed by atoms with Crippen LogP contribution in [0.3, 0.4) is 0 Å². The molecule has 5 heteroatoms. The second-order valence-corrected chi connectivity index (χ2v) is 5.23. The third-order valence-corrected chi connectivity index (χ3v) is 3.59. The van der Waals surface area contributed by atoms with Gasteiger partial charge in [0.25, 0.3) is 0 Å². The van der Waals surface area contributed by atoms with Gasteiger partial charge in [-0.3, -0.25) is 4.98 Å². The van der Waals surface area contributed by atoms with E-state index in [4.69, 9.17) is 4.74 Å². The van der Waals surface area contributed by atoms with Crippen LogP contribution in [0.4, 0.5) is 0 Å². The molecule has 23 heavy (non-hydrogen) atoms. The molecule has 0 bridgehead atoms. The van der Waals surface area contributed by atoms with Gasteiger partial charge in [0.2, 0.25) is 0 Å². The molecular formula is C18H17N3O2. The van der Waals surface area contributed by atoms with Crippen LogP contribution in [0.25, 0.3) is 5.69 Å². The van der Waals surface area contributed by atoms with Crippen LogP contribution in [0.5, 0.6) is 0 Å². The monoisotopic (exact) mass is 307 g/mol. The number of carbonyl (C=O) groups excluding carboxylic acids is 1. The molecule has 0 atom stereocenters. The van der Waals surface area contributed by atoms with Gasteiger partial charge in [-0.15, -0.1) is 0 Å². The van der Waals surface area contributed by atoms with Crippen LogP contribution < -0.4 is 0 Å². The number of para-hydroxylation sites is 1. The van der Waals surface area contributed by atoms with Crippen LogP contribution in [-0.4, -0.2) is 27.8 Å². The molecule has 0 aliphatic heterocycles. The second kappa shape index (κ2) is 6.44. The molecule has 0 fully saturated rings. The lowest BCUT2D eigenvalue weighted by atomic mass is 10.1. The Kier molecular flexibility index (Phi) is 4.19. The molecule has 0 amide bonds. The Bertz CT molecular complexity index is 825. The zero-order valence-electron chi connectivity index (χ0n) is 13.1. The Balaban J connectivity index is 2.01. The molecule has 5 nitrogen and oxygen atoms in total. The number of methoxy groups -OCH3 is 1. The summed E-state index contributed by atoms with van der Waals surface area (Å²) < 4.78 is 6.74. The zero-order chi connectivity index (χ0) is 16.2. The van der Waals surface area contributed by atoms with E-state index in [1.165, 1.54) is 7.11 Å². The predicted octanol–water partition coefficient (Wildman–Crippen LogP) is 2.95. The highest BCUT2D eigenvalue weighted by Gasteiger charge is 2.15. The number of ether oxygens (including phenoxy) is 1. The van der Waals surface area contributed by atoms with E-state index in [9.17, 15) is 4.79 Å². The number of aromatic nitrogens is 3.